The third kappa shape index (κ3) is 4.05. The van der Waals surface area contributed by atoms with E-state index in [1.165, 1.54) is 0 Å². The van der Waals surface area contributed by atoms with E-state index in [0.29, 0.717) is 25.6 Å². The van der Waals surface area contributed by atoms with Gasteiger partial charge in [0.2, 0.25) is 5.91 Å². The Morgan fingerprint density at radius 2 is 1.77 bits per heavy atom. The van der Waals surface area contributed by atoms with Crippen molar-refractivity contribution in [2.75, 3.05) is 33.3 Å². The zero-order chi connectivity index (χ0) is 21.1. The fraction of sp³-hybridized carbons (Fsp3) is 0.417. The molecule has 0 saturated carbocycles. The quantitative estimate of drug-likeness (QED) is 0.797. The molecule has 2 heterocycles. The second-order valence-electron chi connectivity index (χ2n) is 8.47. The SMILES string of the molecule is COc1cccc(CC2(C(N)=O)CN(C3CCN(C(=O)c4ccccc4)CC3)C2)c1. The Morgan fingerprint density at radius 3 is 2.40 bits per heavy atom. The van der Waals surface area contributed by atoms with E-state index < -0.39 is 5.41 Å². The van der Waals surface area contributed by atoms with E-state index in [1.807, 2.05) is 59.5 Å². The molecule has 6 nitrogen and oxygen atoms in total. The van der Waals surface area contributed by atoms with Crippen LogP contribution in [0.5, 0.6) is 5.75 Å². The number of benzene rings is 2. The van der Waals surface area contributed by atoms with Crippen molar-refractivity contribution in [1.29, 1.82) is 0 Å². The molecule has 2 amide bonds. The van der Waals surface area contributed by atoms with Crippen molar-refractivity contribution >= 4 is 11.8 Å². The molecule has 4 rings (SSSR count). The zero-order valence-corrected chi connectivity index (χ0v) is 17.4. The summed E-state index contributed by atoms with van der Waals surface area (Å²) in [5.74, 6) is 0.652. The summed E-state index contributed by atoms with van der Waals surface area (Å²) in [7, 11) is 1.64. The average Bonchev–Trinajstić information content (AvgIpc) is 2.76. The lowest BCUT2D eigenvalue weighted by Crippen LogP contribution is -2.66. The number of primary amides is 1. The Morgan fingerprint density at radius 1 is 1.07 bits per heavy atom. The minimum Gasteiger partial charge on any atom is -0.497 e. The van der Waals surface area contributed by atoms with Gasteiger partial charge in [-0.3, -0.25) is 14.5 Å². The maximum atomic E-state index is 12.6. The molecule has 0 spiro atoms. The number of likely N-dealkylation sites (tertiary alicyclic amines) is 2. The highest BCUT2D eigenvalue weighted by molar-refractivity contribution is 5.94. The van der Waals surface area contributed by atoms with Gasteiger partial charge >= 0.3 is 0 Å². The molecule has 0 aliphatic carbocycles. The van der Waals surface area contributed by atoms with Crippen LogP contribution >= 0.6 is 0 Å². The van der Waals surface area contributed by atoms with Crippen molar-refractivity contribution < 1.29 is 14.3 Å². The van der Waals surface area contributed by atoms with Crippen molar-refractivity contribution in [2.45, 2.75) is 25.3 Å². The van der Waals surface area contributed by atoms with Gasteiger partial charge in [-0.25, -0.2) is 0 Å². The largest absolute Gasteiger partial charge is 0.497 e. The molecule has 6 heteroatoms. The highest BCUT2D eigenvalue weighted by Gasteiger charge is 2.50. The summed E-state index contributed by atoms with van der Waals surface area (Å²) in [5, 5.41) is 0. The van der Waals surface area contributed by atoms with Gasteiger partial charge in [0, 0.05) is 37.8 Å². The number of hydrogen-bond acceptors (Lipinski definition) is 4. The van der Waals surface area contributed by atoms with E-state index in [9.17, 15) is 9.59 Å². The van der Waals surface area contributed by atoms with Crippen LogP contribution in [-0.4, -0.2) is 60.9 Å². The monoisotopic (exact) mass is 407 g/mol. The standard InChI is InChI=1S/C24H29N3O3/c1-30-21-9-5-6-18(14-21)15-24(23(25)29)16-27(17-24)20-10-12-26(13-11-20)22(28)19-7-3-2-4-8-19/h2-9,14,20H,10-13,15-17H2,1H3,(H2,25,29). The highest BCUT2D eigenvalue weighted by atomic mass is 16.5. The van der Waals surface area contributed by atoms with Gasteiger partial charge in [-0.1, -0.05) is 30.3 Å². The van der Waals surface area contributed by atoms with Crippen LogP contribution < -0.4 is 10.5 Å². The molecule has 0 radical (unpaired) electrons. The molecular weight excluding hydrogens is 378 g/mol. The van der Waals surface area contributed by atoms with Crippen molar-refractivity contribution in [2.24, 2.45) is 11.1 Å². The van der Waals surface area contributed by atoms with Crippen molar-refractivity contribution in [3.05, 3.63) is 65.7 Å². The van der Waals surface area contributed by atoms with E-state index in [1.54, 1.807) is 7.11 Å². The number of ether oxygens (including phenoxy) is 1. The van der Waals surface area contributed by atoms with Crippen molar-refractivity contribution in [1.82, 2.24) is 9.80 Å². The Kier molecular flexibility index (Phi) is 5.77. The van der Waals surface area contributed by atoms with Gasteiger partial charge in [-0.05, 0) is 49.1 Å². The van der Waals surface area contributed by atoms with Gasteiger partial charge in [-0.2, -0.15) is 0 Å². The normalized spacial score (nSPS) is 19.2. The van der Waals surface area contributed by atoms with Gasteiger partial charge in [0.1, 0.15) is 5.75 Å². The third-order valence-corrected chi connectivity index (χ3v) is 6.50. The van der Waals surface area contributed by atoms with Crippen LogP contribution in [0.25, 0.3) is 0 Å². The Balaban J connectivity index is 1.34. The lowest BCUT2D eigenvalue weighted by Gasteiger charge is -2.53. The Bertz CT molecular complexity index is 901. The molecule has 158 valence electrons. The van der Waals surface area contributed by atoms with Gasteiger partial charge in [0.15, 0.2) is 0 Å². The number of rotatable bonds is 6. The smallest absolute Gasteiger partial charge is 0.253 e. The van der Waals surface area contributed by atoms with Crippen LogP contribution in [0, 0.1) is 5.41 Å². The van der Waals surface area contributed by atoms with Gasteiger partial charge in [0.05, 0.1) is 12.5 Å². The summed E-state index contributed by atoms with van der Waals surface area (Å²) in [6.45, 7) is 2.84. The Labute approximate surface area is 177 Å². The molecule has 2 saturated heterocycles. The van der Waals surface area contributed by atoms with Gasteiger partial charge in [-0.15, -0.1) is 0 Å². The molecule has 0 atom stereocenters. The van der Waals surface area contributed by atoms with E-state index in [0.717, 1.165) is 42.8 Å². The number of nitrogens with zero attached hydrogens (tertiary/aromatic N) is 2. The first-order valence-corrected chi connectivity index (χ1v) is 10.5. The number of carbonyl (C=O) groups is 2. The molecule has 2 aliphatic heterocycles. The molecule has 0 unspecified atom stereocenters. The predicted octanol–water partition coefficient (Wildman–Crippen LogP) is 2.33. The third-order valence-electron chi connectivity index (χ3n) is 6.50. The molecular formula is C24H29N3O3. The molecule has 2 aromatic rings. The first kappa shape index (κ1) is 20.4. The Hall–Kier alpha value is -2.86. The number of hydrogen-bond donors (Lipinski definition) is 1. The van der Waals surface area contributed by atoms with Gasteiger partial charge < -0.3 is 15.4 Å². The minimum absolute atomic E-state index is 0.0992. The zero-order valence-electron chi connectivity index (χ0n) is 17.4. The molecule has 30 heavy (non-hydrogen) atoms. The molecule has 2 N–H and O–H groups in total. The maximum Gasteiger partial charge on any atom is 0.253 e. The topological polar surface area (TPSA) is 75.9 Å². The van der Waals surface area contributed by atoms with Crippen LogP contribution in [0.15, 0.2) is 54.6 Å². The summed E-state index contributed by atoms with van der Waals surface area (Å²) in [6, 6.07) is 17.7. The lowest BCUT2D eigenvalue weighted by molar-refractivity contribution is -0.141. The fourth-order valence-electron chi connectivity index (χ4n) is 4.71. The maximum absolute atomic E-state index is 12.6. The van der Waals surface area contributed by atoms with Crippen LogP contribution in [-0.2, 0) is 11.2 Å². The van der Waals surface area contributed by atoms with Crippen LogP contribution in [0.1, 0.15) is 28.8 Å². The lowest BCUT2D eigenvalue weighted by atomic mass is 9.72. The number of carbonyl (C=O) groups excluding carboxylic acids is 2. The highest BCUT2D eigenvalue weighted by Crippen LogP contribution is 2.38. The van der Waals surface area contributed by atoms with Crippen molar-refractivity contribution in [3.63, 3.8) is 0 Å². The summed E-state index contributed by atoms with van der Waals surface area (Å²) in [6.07, 6.45) is 2.47. The number of piperidine rings is 1. The summed E-state index contributed by atoms with van der Waals surface area (Å²) >= 11 is 0. The van der Waals surface area contributed by atoms with Crippen LogP contribution in [0.3, 0.4) is 0 Å². The van der Waals surface area contributed by atoms with Crippen molar-refractivity contribution in [3.8, 4) is 5.75 Å². The molecule has 0 aromatic heterocycles. The first-order valence-electron chi connectivity index (χ1n) is 10.5. The second-order valence-corrected chi connectivity index (χ2v) is 8.47. The van der Waals surface area contributed by atoms with Crippen LogP contribution in [0.4, 0.5) is 0 Å². The minimum atomic E-state index is -0.524. The number of amides is 2. The van der Waals surface area contributed by atoms with Crippen LogP contribution in [0.2, 0.25) is 0 Å². The average molecular weight is 408 g/mol. The number of methoxy groups -OCH3 is 1. The van der Waals surface area contributed by atoms with Gasteiger partial charge in [0.25, 0.3) is 5.91 Å². The van der Waals surface area contributed by atoms with E-state index in [-0.39, 0.29) is 11.8 Å². The summed E-state index contributed by atoms with van der Waals surface area (Å²) in [5.41, 5.74) is 7.10. The van der Waals surface area contributed by atoms with E-state index >= 15 is 0 Å². The first-order chi connectivity index (χ1) is 14.5. The molecule has 2 aliphatic rings. The molecule has 2 aromatic carbocycles. The summed E-state index contributed by atoms with van der Waals surface area (Å²) < 4.78 is 5.30. The molecule has 0 bridgehead atoms. The second kappa shape index (κ2) is 8.48. The van der Waals surface area contributed by atoms with E-state index in [2.05, 4.69) is 4.90 Å². The summed E-state index contributed by atoms with van der Waals surface area (Å²) in [4.78, 5) is 29.2. The number of nitrogens with two attached hydrogens (primary N) is 1. The molecule has 2 fully saturated rings. The predicted molar refractivity (Wildman–Crippen MR) is 115 cm³/mol. The van der Waals surface area contributed by atoms with E-state index in [4.69, 9.17) is 10.5 Å². The fourth-order valence-corrected chi connectivity index (χ4v) is 4.71.